The first kappa shape index (κ1) is 15.1. The highest BCUT2D eigenvalue weighted by atomic mass is 32.2. The standard InChI is InChI=1S/C10H17O5S/c1-8(2)9(11)15-7-5-6-10(3,4)16(12,13)14/h6H,1,5,7H2,2-4H3,(H,12,13,14). The molecule has 0 atom stereocenters. The first-order chi connectivity index (χ1) is 7.08. The summed E-state index contributed by atoms with van der Waals surface area (Å²) in [6.45, 7) is 7.71. The highest BCUT2D eigenvalue weighted by molar-refractivity contribution is 7.87. The van der Waals surface area contributed by atoms with E-state index in [-0.39, 0.29) is 18.6 Å². The summed E-state index contributed by atoms with van der Waals surface area (Å²) in [6, 6.07) is 0. The lowest BCUT2D eigenvalue weighted by Gasteiger charge is -2.19. The van der Waals surface area contributed by atoms with Crippen LogP contribution < -0.4 is 0 Å². The first-order valence-electron chi connectivity index (χ1n) is 4.72. The van der Waals surface area contributed by atoms with Crippen LogP contribution in [-0.2, 0) is 19.6 Å². The third kappa shape index (κ3) is 4.76. The predicted molar refractivity (Wildman–Crippen MR) is 60.3 cm³/mol. The van der Waals surface area contributed by atoms with Gasteiger partial charge >= 0.3 is 5.97 Å². The predicted octanol–water partition coefficient (Wildman–Crippen LogP) is 1.37. The molecule has 0 saturated heterocycles. The van der Waals surface area contributed by atoms with E-state index in [0.29, 0.717) is 0 Å². The Morgan fingerprint density at radius 3 is 2.38 bits per heavy atom. The van der Waals surface area contributed by atoms with Gasteiger partial charge in [0.05, 0.1) is 11.4 Å². The van der Waals surface area contributed by atoms with Crippen LogP contribution in [0.1, 0.15) is 27.2 Å². The second kappa shape index (κ2) is 5.45. The molecule has 0 spiro atoms. The van der Waals surface area contributed by atoms with E-state index in [2.05, 4.69) is 6.58 Å². The minimum atomic E-state index is -4.13. The molecule has 5 nitrogen and oxygen atoms in total. The molecule has 16 heavy (non-hydrogen) atoms. The Kier molecular flexibility index (Phi) is 5.15. The third-order valence-electron chi connectivity index (χ3n) is 2.00. The molecule has 0 aromatic rings. The maximum atomic E-state index is 11.0. The normalized spacial score (nSPS) is 12.2. The molecule has 0 fully saturated rings. The molecular weight excluding hydrogens is 232 g/mol. The number of hydrogen-bond donors (Lipinski definition) is 1. The molecule has 0 unspecified atom stereocenters. The molecule has 0 aliphatic rings. The molecule has 6 heteroatoms. The lowest BCUT2D eigenvalue weighted by molar-refractivity contribution is -0.138. The van der Waals surface area contributed by atoms with E-state index in [1.807, 2.05) is 0 Å². The van der Waals surface area contributed by atoms with E-state index in [0.717, 1.165) is 0 Å². The van der Waals surface area contributed by atoms with Gasteiger partial charge in [0.25, 0.3) is 10.1 Å². The molecule has 0 saturated carbocycles. The van der Waals surface area contributed by atoms with Gasteiger partial charge in [-0.25, -0.2) is 4.79 Å². The van der Waals surface area contributed by atoms with E-state index in [4.69, 9.17) is 9.29 Å². The van der Waals surface area contributed by atoms with Gasteiger partial charge in [-0.3, -0.25) is 4.55 Å². The Hall–Kier alpha value is -0.880. The van der Waals surface area contributed by atoms with E-state index in [9.17, 15) is 13.2 Å². The highest BCUT2D eigenvalue weighted by Gasteiger charge is 2.32. The van der Waals surface area contributed by atoms with E-state index < -0.39 is 20.8 Å². The molecule has 0 heterocycles. The van der Waals surface area contributed by atoms with Crippen molar-refractivity contribution in [3.8, 4) is 0 Å². The zero-order valence-corrected chi connectivity index (χ0v) is 10.5. The third-order valence-corrected chi connectivity index (χ3v) is 3.50. The minimum Gasteiger partial charge on any atom is -0.462 e. The van der Waals surface area contributed by atoms with Crippen LogP contribution in [0.15, 0.2) is 12.2 Å². The van der Waals surface area contributed by atoms with E-state index in [1.165, 1.54) is 27.2 Å². The summed E-state index contributed by atoms with van der Waals surface area (Å²) in [5, 5.41) is 0. The van der Waals surface area contributed by atoms with Gasteiger partial charge in [0.15, 0.2) is 0 Å². The van der Waals surface area contributed by atoms with Gasteiger partial charge in [0.2, 0.25) is 0 Å². The van der Waals surface area contributed by atoms with Crippen LogP contribution in [0.4, 0.5) is 0 Å². The number of hydrogen-bond acceptors (Lipinski definition) is 4. The van der Waals surface area contributed by atoms with Gasteiger partial charge in [-0.05, 0) is 33.6 Å². The number of ether oxygens (including phenoxy) is 1. The fourth-order valence-electron chi connectivity index (χ4n) is 0.787. The van der Waals surface area contributed by atoms with Gasteiger partial charge in [0.1, 0.15) is 0 Å². The number of rotatable bonds is 6. The zero-order valence-electron chi connectivity index (χ0n) is 9.69. The van der Waals surface area contributed by atoms with Crippen LogP contribution in [0.3, 0.4) is 0 Å². The number of carbonyl (C=O) groups is 1. The average molecular weight is 249 g/mol. The fraction of sp³-hybridized carbons (Fsp3) is 0.600. The van der Waals surface area contributed by atoms with Gasteiger partial charge in [-0.15, -0.1) is 0 Å². The summed E-state index contributed by atoms with van der Waals surface area (Å²) in [4.78, 5) is 11.0. The smallest absolute Gasteiger partial charge is 0.333 e. The molecule has 93 valence electrons. The van der Waals surface area contributed by atoms with Crippen molar-refractivity contribution >= 4 is 16.1 Å². The number of esters is 1. The molecule has 0 aliphatic heterocycles. The minimum absolute atomic E-state index is 0.0602. The van der Waals surface area contributed by atoms with Crippen LogP contribution in [0.5, 0.6) is 0 Å². The van der Waals surface area contributed by atoms with Crippen LogP contribution in [-0.4, -0.2) is 30.3 Å². The van der Waals surface area contributed by atoms with Gasteiger partial charge in [-0.2, -0.15) is 8.42 Å². The first-order valence-corrected chi connectivity index (χ1v) is 6.16. The quantitative estimate of drug-likeness (QED) is 0.333. The number of carbonyl (C=O) groups excluding carboxylic acids is 1. The Labute approximate surface area is 96.2 Å². The summed E-state index contributed by atoms with van der Waals surface area (Å²) < 4.78 is 34.1. The van der Waals surface area contributed by atoms with Crippen LogP contribution in [0.25, 0.3) is 0 Å². The molecule has 1 N–H and O–H groups in total. The zero-order chi connectivity index (χ0) is 13.0. The average Bonchev–Trinajstić information content (AvgIpc) is 2.09. The van der Waals surface area contributed by atoms with Gasteiger partial charge < -0.3 is 4.74 Å². The van der Waals surface area contributed by atoms with Crippen LogP contribution in [0.2, 0.25) is 0 Å². The van der Waals surface area contributed by atoms with Crippen LogP contribution >= 0.6 is 0 Å². The highest BCUT2D eigenvalue weighted by Crippen LogP contribution is 2.20. The van der Waals surface area contributed by atoms with Crippen molar-refractivity contribution in [1.82, 2.24) is 0 Å². The second-order valence-corrected chi connectivity index (χ2v) is 5.99. The van der Waals surface area contributed by atoms with E-state index >= 15 is 0 Å². The summed E-state index contributed by atoms with van der Waals surface area (Å²) in [5.41, 5.74) is 0.286. The Morgan fingerprint density at radius 1 is 1.50 bits per heavy atom. The Morgan fingerprint density at radius 2 is 2.00 bits per heavy atom. The molecule has 0 aromatic carbocycles. The van der Waals surface area contributed by atoms with Crippen LogP contribution in [0, 0.1) is 6.42 Å². The molecule has 1 radical (unpaired) electrons. The second-order valence-electron chi connectivity index (χ2n) is 3.99. The summed E-state index contributed by atoms with van der Waals surface area (Å²) in [6.07, 6.45) is 1.62. The van der Waals surface area contributed by atoms with Crippen molar-refractivity contribution in [3.05, 3.63) is 18.6 Å². The van der Waals surface area contributed by atoms with Crippen molar-refractivity contribution in [1.29, 1.82) is 0 Å². The topological polar surface area (TPSA) is 80.7 Å². The lowest BCUT2D eigenvalue weighted by atomic mass is 10.1. The molecular formula is C10H17O5S. The van der Waals surface area contributed by atoms with Crippen molar-refractivity contribution in [2.24, 2.45) is 0 Å². The maximum absolute atomic E-state index is 11.0. The van der Waals surface area contributed by atoms with E-state index in [1.54, 1.807) is 0 Å². The molecule has 0 amide bonds. The fourth-order valence-corrected chi connectivity index (χ4v) is 1.12. The van der Waals surface area contributed by atoms with Crippen molar-refractivity contribution in [3.63, 3.8) is 0 Å². The van der Waals surface area contributed by atoms with Gasteiger partial charge in [0, 0.05) is 5.57 Å². The summed E-state index contributed by atoms with van der Waals surface area (Å²) in [7, 11) is -4.13. The lowest BCUT2D eigenvalue weighted by Crippen LogP contribution is -2.32. The molecule has 0 rings (SSSR count). The monoisotopic (exact) mass is 249 g/mol. The van der Waals surface area contributed by atoms with Gasteiger partial charge in [-0.1, -0.05) is 6.58 Å². The molecule has 0 aliphatic carbocycles. The largest absolute Gasteiger partial charge is 0.462 e. The maximum Gasteiger partial charge on any atom is 0.333 e. The SMILES string of the molecule is C=C(C)C(=O)OCC[CH]C(C)(C)S(=O)(=O)O. The molecule has 0 aromatic heterocycles. The Bertz CT molecular complexity index is 367. The summed E-state index contributed by atoms with van der Waals surface area (Å²) >= 11 is 0. The van der Waals surface area contributed by atoms with Crippen molar-refractivity contribution in [2.75, 3.05) is 6.61 Å². The molecule has 0 bridgehead atoms. The summed E-state index contributed by atoms with van der Waals surface area (Å²) in [5.74, 6) is -0.516. The van der Waals surface area contributed by atoms with Crippen molar-refractivity contribution < 1.29 is 22.5 Å². The van der Waals surface area contributed by atoms with Crippen molar-refractivity contribution in [2.45, 2.75) is 31.9 Å². The Balaban J connectivity index is 4.02.